The fraction of sp³-hybridized carbons (Fsp3) is 0.500. The highest BCUT2D eigenvalue weighted by atomic mass is 35.5. The zero-order valence-electron chi connectivity index (χ0n) is 8.21. The van der Waals surface area contributed by atoms with Crippen molar-refractivity contribution in [3.05, 3.63) is 35.4 Å². The van der Waals surface area contributed by atoms with Crippen LogP contribution in [0.4, 0.5) is 0 Å². The molecule has 0 fully saturated rings. The molecule has 0 aliphatic carbocycles. The molecule has 0 aromatic heterocycles. The van der Waals surface area contributed by atoms with Crippen LogP contribution >= 0.6 is 11.6 Å². The summed E-state index contributed by atoms with van der Waals surface area (Å²) in [5, 5.41) is 0. The number of fused-ring (bicyclic) bond motifs is 1. The zero-order chi connectivity index (χ0) is 9.80. The summed E-state index contributed by atoms with van der Waals surface area (Å²) in [6.45, 7) is 0.851. The lowest BCUT2D eigenvalue weighted by molar-refractivity contribution is 0.0362. The van der Waals surface area contributed by atoms with Crippen LogP contribution in [0.5, 0.6) is 0 Å². The normalized spacial score (nSPS) is 20.5. The van der Waals surface area contributed by atoms with Gasteiger partial charge in [-0.05, 0) is 30.4 Å². The number of benzene rings is 1. The third-order valence-corrected chi connectivity index (χ3v) is 2.96. The SMILES string of the molecule is ClCCCC1OCCc2ccccc21. The van der Waals surface area contributed by atoms with Crippen molar-refractivity contribution >= 4 is 11.6 Å². The van der Waals surface area contributed by atoms with Gasteiger partial charge in [-0.25, -0.2) is 0 Å². The van der Waals surface area contributed by atoms with Crippen molar-refractivity contribution in [1.82, 2.24) is 0 Å². The monoisotopic (exact) mass is 210 g/mol. The summed E-state index contributed by atoms with van der Waals surface area (Å²) in [5.41, 5.74) is 2.81. The van der Waals surface area contributed by atoms with Gasteiger partial charge in [-0.15, -0.1) is 11.6 Å². The van der Waals surface area contributed by atoms with E-state index < -0.39 is 0 Å². The maximum Gasteiger partial charge on any atom is 0.0828 e. The van der Waals surface area contributed by atoms with Crippen LogP contribution in [0.25, 0.3) is 0 Å². The summed E-state index contributed by atoms with van der Waals surface area (Å²) in [6, 6.07) is 8.56. The fourth-order valence-corrected chi connectivity index (χ4v) is 2.13. The van der Waals surface area contributed by atoms with E-state index in [1.807, 2.05) is 0 Å². The highest BCUT2D eigenvalue weighted by molar-refractivity contribution is 6.17. The number of rotatable bonds is 3. The van der Waals surface area contributed by atoms with Gasteiger partial charge in [0.25, 0.3) is 0 Å². The summed E-state index contributed by atoms with van der Waals surface area (Å²) in [7, 11) is 0. The van der Waals surface area contributed by atoms with E-state index in [0.717, 1.165) is 31.7 Å². The molecule has 1 aromatic rings. The first-order chi connectivity index (χ1) is 6.92. The van der Waals surface area contributed by atoms with Gasteiger partial charge in [-0.1, -0.05) is 24.3 Å². The van der Waals surface area contributed by atoms with Gasteiger partial charge in [-0.2, -0.15) is 0 Å². The van der Waals surface area contributed by atoms with Crippen LogP contribution < -0.4 is 0 Å². The van der Waals surface area contributed by atoms with E-state index in [9.17, 15) is 0 Å². The quantitative estimate of drug-likeness (QED) is 0.696. The molecule has 1 unspecified atom stereocenters. The molecule has 0 saturated carbocycles. The first kappa shape index (κ1) is 10.0. The molecule has 0 radical (unpaired) electrons. The molecule has 1 aliphatic rings. The van der Waals surface area contributed by atoms with Gasteiger partial charge in [0.05, 0.1) is 12.7 Å². The largest absolute Gasteiger partial charge is 0.373 e. The maximum atomic E-state index is 5.75. The molecule has 0 N–H and O–H groups in total. The highest BCUT2D eigenvalue weighted by Gasteiger charge is 2.19. The minimum atomic E-state index is 0.277. The Hall–Kier alpha value is -0.530. The van der Waals surface area contributed by atoms with Crippen molar-refractivity contribution in [3.8, 4) is 0 Å². The number of hydrogen-bond donors (Lipinski definition) is 0. The molecule has 1 atom stereocenters. The lowest BCUT2D eigenvalue weighted by atomic mass is 9.95. The number of halogens is 1. The predicted octanol–water partition coefficient (Wildman–Crippen LogP) is 3.32. The molecule has 14 heavy (non-hydrogen) atoms. The minimum Gasteiger partial charge on any atom is -0.373 e. The topological polar surface area (TPSA) is 9.23 Å². The van der Waals surface area contributed by atoms with Crippen molar-refractivity contribution in [2.75, 3.05) is 12.5 Å². The standard InChI is InChI=1S/C12H15ClO/c13-8-3-6-12-11-5-2-1-4-10(11)7-9-14-12/h1-2,4-5,12H,3,6-9H2. The molecular formula is C12H15ClO. The summed E-state index contributed by atoms with van der Waals surface area (Å²) in [6.07, 6.45) is 3.40. The predicted molar refractivity (Wildman–Crippen MR) is 58.8 cm³/mol. The summed E-state index contributed by atoms with van der Waals surface area (Å²) in [4.78, 5) is 0. The van der Waals surface area contributed by atoms with Gasteiger partial charge >= 0.3 is 0 Å². The maximum absolute atomic E-state index is 5.75. The highest BCUT2D eigenvalue weighted by Crippen LogP contribution is 2.30. The Balaban J connectivity index is 2.14. The van der Waals surface area contributed by atoms with Gasteiger partial charge in [0, 0.05) is 5.88 Å². The molecule has 1 heterocycles. The first-order valence-corrected chi connectivity index (χ1v) is 5.70. The Morgan fingerprint density at radius 1 is 1.36 bits per heavy atom. The van der Waals surface area contributed by atoms with Crippen LogP contribution in [0.1, 0.15) is 30.1 Å². The molecule has 2 rings (SSSR count). The van der Waals surface area contributed by atoms with Gasteiger partial charge in [0.15, 0.2) is 0 Å². The average Bonchev–Trinajstić information content (AvgIpc) is 2.26. The Labute approximate surface area is 90.0 Å². The first-order valence-electron chi connectivity index (χ1n) is 5.17. The van der Waals surface area contributed by atoms with Gasteiger partial charge in [-0.3, -0.25) is 0 Å². The molecule has 1 aromatic carbocycles. The third-order valence-electron chi connectivity index (χ3n) is 2.69. The van der Waals surface area contributed by atoms with Crippen LogP contribution in [0.15, 0.2) is 24.3 Å². The van der Waals surface area contributed by atoms with Crippen molar-refractivity contribution in [1.29, 1.82) is 0 Å². The summed E-state index contributed by atoms with van der Waals surface area (Å²) in [5.74, 6) is 0.724. The number of ether oxygens (including phenoxy) is 1. The molecule has 0 bridgehead atoms. The van der Waals surface area contributed by atoms with E-state index in [0.29, 0.717) is 0 Å². The van der Waals surface area contributed by atoms with Gasteiger partial charge in [0.1, 0.15) is 0 Å². The van der Waals surface area contributed by atoms with E-state index in [-0.39, 0.29) is 6.10 Å². The van der Waals surface area contributed by atoms with Crippen molar-refractivity contribution in [3.63, 3.8) is 0 Å². The molecule has 1 nitrogen and oxygen atoms in total. The van der Waals surface area contributed by atoms with Crippen LogP contribution in [0.3, 0.4) is 0 Å². The molecule has 1 aliphatic heterocycles. The third kappa shape index (κ3) is 2.10. The second kappa shape index (κ2) is 4.81. The molecular weight excluding hydrogens is 196 g/mol. The van der Waals surface area contributed by atoms with Crippen LogP contribution in [-0.2, 0) is 11.2 Å². The Morgan fingerprint density at radius 3 is 3.07 bits per heavy atom. The van der Waals surface area contributed by atoms with E-state index in [2.05, 4.69) is 24.3 Å². The number of alkyl halides is 1. The van der Waals surface area contributed by atoms with E-state index in [4.69, 9.17) is 16.3 Å². The molecule has 76 valence electrons. The fourth-order valence-electron chi connectivity index (χ4n) is 1.98. The molecule has 2 heteroatoms. The van der Waals surface area contributed by atoms with Gasteiger partial charge in [0.2, 0.25) is 0 Å². The molecule has 0 spiro atoms. The molecule has 0 saturated heterocycles. The smallest absolute Gasteiger partial charge is 0.0828 e. The lowest BCUT2D eigenvalue weighted by Gasteiger charge is -2.25. The van der Waals surface area contributed by atoms with E-state index in [1.54, 1.807) is 0 Å². The summed E-state index contributed by atoms with van der Waals surface area (Å²) >= 11 is 5.69. The van der Waals surface area contributed by atoms with Crippen LogP contribution in [0, 0.1) is 0 Å². The lowest BCUT2D eigenvalue weighted by Crippen LogP contribution is -2.16. The Kier molecular flexibility index (Phi) is 3.44. The minimum absolute atomic E-state index is 0.277. The van der Waals surface area contributed by atoms with Crippen molar-refractivity contribution in [2.45, 2.75) is 25.4 Å². The second-order valence-corrected chi connectivity index (χ2v) is 4.02. The molecule has 0 amide bonds. The van der Waals surface area contributed by atoms with E-state index >= 15 is 0 Å². The van der Waals surface area contributed by atoms with Crippen LogP contribution in [0.2, 0.25) is 0 Å². The summed E-state index contributed by atoms with van der Waals surface area (Å²) < 4.78 is 5.75. The number of hydrogen-bond acceptors (Lipinski definition) is 1. The Bertz CT molecular complexity index is 298. The second-order valence-electron chi connectivity index (χ2n) is 3.64. The van der Waals surface area contributed by atoms with Crippen LogP contribution in [-0.4, -0.2) is 12.5 Å². The Morgan fingerprint density at radius 2 is 2.21 bits per heavy atom. The van der Waals surface area contributed by atoms with E-state index in [1.165, 1.54) is 11.1 Å². The average molecular weight is 211 g/mol. The zero-order valence-corrected chi connectivity index (χ0v) is 8.96. The van der Waals surface area contributed by atoms with Gasteiger partial charge < -0.3 is 4.74 Å². The van der Waals surface area contributed by atoms with Crippen molar-refractivity contribution < 1.29 is 4.74 Å². The van der Waals surface area contributed by atoms with Crippen molar-refractivity contribution in [2.24, 2.45) is 0 Å².